The van der Waals surface area contributed by atoms with E-state index in [0.29, 0.717) is 11.3 Å². The van der Waals surface area contributed by atoms with Crippen molar-refractivity contribution >= 4 is 17.7 Å². The van der Waals surface area contributed by atoms with Crippen molar-refractivity contribution < 1.29 is 18.7 Å². The van der Waals surface area contributed by atoms with E-state index in [1.54, 1.807) is 57.2 Å². The number of rotatable bonds is 4. The Labute approximate surface area is 152 Å². The molecule has 2 rings (SSSR count). The Morgan fingerprint density at radius 2 is 1.73 bits per heavy atom. The van der Waals surface area contributed by atoms with Crippen molar-refractivity contribution in [3.05, 3.63) is 65.5 Å². The minimum atomic E-state index is -0.607. The Balaban J connectivity index is 2.03. The van der Waals surface area contributed by atoms with Gasteiger partial charge in [-0.3, -0.25) is 10.1 Å². The van der Waals surface area contributed by atoms with Gasteiger partial charge in [-0.15, -0.1) is 0 Å². The molecule has 138 valence electrons. The van der Waals surface area contributed by atoms with E-state index in [-0.39, 0.29) is 17.8 Å². The molecule has 0 aliphatic heterocycles. The maximum absolute atomic E-state index is 13.0. The van der Waals surface area contributed by atoms with Crippen molar-refractivity contribution in [3.8, 4) is 0 Å². The second kappa shape index (κ2) is 7.99. The molecule has 0 saturated carbocycles. The molecule has 0 fully saturated rings. The Morgan fingerprint density at radius 3 is 2.35 bits per heavy atom. The van der Waals surface area contributed by atoms with Crippen LogP contribution in [0.3, 0.4) is 0 Å². The van der Waals surface area contributed by atoms with Gasteiger partial charge in [0.05, 0.1) is 6.04 Å². The highest BCUT2D eigenvalue weighted by atomic mass is 19.1. The van der Waals surface area contributed by atoms with Crippen molar-refractivity contribution in [1.29, 1.82) is 0 Å². The van der Waals surface area contributed by atoms with Gasteiger partial charge in [-0.1, -0.05) is 18.2 Å². The summed E-state index contributed by atoms with van der Waals surface area (Å²) >= 11 is 0. The van der Waals surface area contributed by atoms with Crippen LogP contribution in [0.1, 0.15) is 49.7 Å². The number of nitrogens with one attached hydrogen (secondary N) is 2. The van der Waals surface area contributed by atoms with Gasteiger partial charge >= 0.3 is 6.09 Å². The molecule has 2 aromatic carbocycles. The zero-order valence-electron chi connectivity index (χ0n) is 15.3. The van der Waals surface area contributed by atoms with E-state index in [9.17, 15) is 14.0 Å². The molecule has 0 aliphatic rings. The molecule has 0 saturated heterocycles. The molecular formula is C20H23FN2O3. The van der Waals surface area contributed by atoms with Gasteiger partial charge in [0.1, 0.15) is 11.4 Å². The third-order valence-electron chi connectivity index (χ3n) is 3.49. The van der Waals surface area contributed by atoms with Gasteiger partial charge in [-0.05, 0) is 63.6 Å². The lowest BCUT2D eigenvalue weighted by Crippen LogP contribution is -2.28. The van der Waals surface area contributed by atoms with Crippen LogP contribution in [0, 0.1) is 5.82 Å². The summed E-state index contributed by atoms with van der Waals surface area (Å²) in [5, 5.41) is 5.45. The molecule has 2 aromatic rings. The molecule has 1 atom stereocenters. The van der Waals surface area contributed by atoms with Crippen LogP contribution in [0.25, 0.3) is 0 Å². The van der Waals surface area contributed by atoms with E-state index in [0.717, 1.165) is 5.56 Å². The largest absolute Gasteiger partial charge is 0.444 e. The van der Waals surface area contributed by atoms with Gasteiger partial charge in [-0.2, -0.15) is 0 Å². The van der Waals surface area contributed by atoms with Gasteiger partial charge in [-0.25, -0.2) is 9.18 Å². The summed E-state index contributed by atoms with van der Waals surface area (Å²) in [6.07, 6.45) is -0.588. The standard InChI is InChI=1S/C20H23FN2O3/c1-13(14-8-10-16(21)11-9-14)22-18(24)15-6-5-7-17(12-15)23-19(25)26-20(2,3)4/h5-13H,1-4H3,(H,22,24)(H,23,25)/t13-/m1/s1. The van der Waals surface area contributed by atoms with E-state index in [4.69, 9.17) is 4.74 Å². The molecular weight excluding hydrogens is 335 g/mol. The van der Waals surface area contributed by atoms with Crippen LogP contribution in [0.15, 0.2) is 48.5 Å². The Bertz CT molecular complexity index is 782. The molecule has 0 unspecified atom stereocenters. The number of amides is 2. The fraction of sp³-hybridized carbons (Fsp3) is 0.300. The van der Waals surface area contributed by atoms with Crippen LogP contribution in [-0.2, 0) is 4.74 Å². The fourth-order valence-electron chi connectivity index (χ4n) is 2.27. The molecule has 0 heterocycles. The van der Waals surface area contributed by atoms with Crippen LogP contribution in [-0.4, -0.2) is 17.6 Å². The first kappa shape index (κ1) is 19.4. The highest BCUT2D eigenvalue weighted by molar-refractivity contribution is 5.96. The van der Waals surface area contributed by atoms with Crippen molar-refractivity contribution in [1.82, 2.24) is 5.32 Å². The topological polar surface area (TPSA) is 67.4 Å². The molecule has 0 aliphatic carbocycles. The third kappa shape index (κ3) is 5.88. The lowest BCUT2D eigenvalue weighted by atomic mass is 10.1. The minimum absolute atomic E-state index is 0.287. The van der Waals surface area contributed by atoms with Crippen molar-refractivity contribution in [2.75, 3.05) is 5.32 Å². The normalized spacial score (nSPS) is 12.2. The summed E-state index contributed by atoms with van der Waals surface area (Å²) in [6.45, 7) is 7.13. The summed E-state index contributed by atoms with van der Waals surface area (Å²) in [6, 6.07) is 12.2. The minimum Gasteiger partial charge on any atom is -0.444 e. The predicted molar refractivity (Wildman–Crippen MR) is 98.6 cm³/mol. The summed E-state index contributed by atoms with van der Waals surface area (Å²) in [5.41, 5.74) is 1.04. The van der Waals surface area contributed by atoms with Crippen LogP contribution in [0.2, 0.25) is 0 Å². The van der Waals surface area contributed by atoms with E-state index < -0.39 is 11.7 Å². The third-order valence-corrected chi connectivity index (χ3v) is 3.49. The van der Waals surface area contributed by atoms with E-state index >= 15 is 0 Å². The quantitative estimate of drug-likeness (QED) is 0.835. The van der Waals surface area contributed by atoms with Crippen LogP contribution in [0.5, 0.6) is 0 Å². The van der Waals surface area contributed by atoms with E-state index in [1.807, 2.05) is 6.92 Å². The molecule has 2 N–H and O–H groups in total. The molecule has 5 nitrogen and oxygen atoms in total. The first-order chi connectivity index (χ1) is 12.1. The molecule has 6 heteroatoms. The summed E-state index contributed by atoms with van der Waals surface area (Å²) in [5.74, 6) is -0.622. The van der Waals surface area contributed by atoms with Gasteiger partial charge < -0.3 is 10.1 Å². The smallest absolute Gasteiger partial charge is 0.412 e. The first-order valence-electron chi connectivity index (χ1n) is 8.30. The average molecular weight is 358 g/mol. The SMILES string of the molecule is C[C@@H](NC(=O)c1cccc(NC(=O)OC(C)(C)C)c1)c1ccc(F)cc1. The number of carbonyl (C=O) groups excluding carboxylic acids is 2. The second-order valence-corrected chi connectivity index (χ2v) is 6.95. The molecule has 0 bridgehead atoms. The van der Waals surface area contributed by atoms with Crippen LogP contribution in [0.4, 0.5) is 14.9 Å². The molecule has 0 spiro atoms. The van der Waals surface area contributed by atoms with Crippen molar-refractivity contribution in [3.63, 3.8) is 0 Å². The molecule has 0 radical (unpaired) electrons. The molecule has 2 amide bonds. The van der Waals surface area contributed by atoms with Crippen molar-refractivity contribution in [2.24, 2.45) is 0 Å². The van der Waals surface area contributed by atoms with Crippen LogP contribution < -0.4 is 10.6 Å². The number of halogens is 1. The maximum Gasteiger partial charge on any atom is 0.412 e. The highest BCUT2D eigenvalue weighted by Gasteiger charge is 2.17. The van der Waals surface area contributed by atoms with Gasteiger partial charge in [0.25, 0.3) is 5.91 Å². The van der Waals surface area contributed by atoms with E-state index in [1.165, 1.54) is 12.1 Å². The fourth-order valence-corrected chi connectivity index (χ4v) is 2.27. The summed E-state index contributed by atoms with van der Waals surface area (Å²) in [7, 11) is 0. The predicted octanol–water partition coefficient (Wildman–Crippen LogP) is 4.66. The summed E-state index contributed by atoms with van der Waals surface area (Å²) < 4.78 is 18.2. The molecule has 26 heavy (non-hydrogen) atoms. The van der Waals surface area contributed by atoms with Crippen molar-refractivity contribution in [2.45, 2.75) is 39.3 Å². The molecule has 0 aromatic heterocycles. The second-order valence-electron chi connectivity index (χ2n) is 6.95. The highest BCUT2D eigenvalue weighted by Crippen LogP contribution is 2.16. The number of anilines is 1. The van der Waals surface area contributed by atoms with E-state index in [2.05, 4.69) is 10.6 Å². The number of benzene rings is 2. The average Bonchev–Trinajstić information content (AvgIpc) is 2.53. The monoisotopic (exact) mass is 358 g/mol. The Morgan fingerprint density at radius 1 is 1.08 bits per heavy atom. The lowest BCUT2D eigenvalue weighted by Gasteiger charge is -2.20. The number of carbonyl (C=O) groups is 2. The number of hydrogen-bond donors (Lipinski definition) is 2. The van der Waals surface area contributed by atoms with Crippen LogP contribution >= 0.6 is 0 Å². The Hall–Kier alpha value is -2.89. The van der Waals surface area contributed by atoms with Gasteiger partial charge in [0.15, 0.2) is 0 Å². The zero-order valence-corrected chi connectivity index (χ0v) is 15.3. The summed E-state index contributed by atoms with van der Waals surface area (Å²) in [4.78, 5) is 24.3. The van der Waals surface area contributed by atoms with Gasteiger partial charge in [0, 0.05) is 11.3 Å². The zero-order chi connectivity index (χ0) is 19.3. The maximum atomic E-state index is 13.0. The lowest BCUT2D eigenvalue weighted by molar-refractivity contribution is 0.0635. The number of ether oxygens (including phenoxy) is 1. The first-order valence-corrected chi connectivity index (χ1v) is 8.30. The Kier molecular flexibility index (Phi) is 5.97. The van der Waals surface area contributed by atoms with Gasteiger partial charge in [0.2, 0.25) is 0 Å². The number of hydrogen-bond acceptors (Lipinski definition) is 3.